The normalized spacial score (nSPS) is 13.7. The minimum atomic E-state index is -3.54. The quantitative estimate of drug-likeness (QED) is 0.469. The number of anilines is 2. The zero-order valence-electron chi connectivity index (χ0n) is 19.2. The van der Waals surface area contributed by atoms with Crippen molar-refractivity contribution < 1.29 is 21.6 Å². The summed E-state index contributed by atoms with van der Waals surface area (Å²) in [5.41, 5.74) is 1.93. The number of sulfonamides is 1. The lowest BCUT2D eigenvalue weighted by molar-refractivity contribution is 0.0990. The SMILES string of the molecule is CCCCCCCCS(=O)(=O)c1ccc2c(c1)CCN2C(=O)c1ccccc1NS(C)(=O)=O. The average molecular weight is 493 g/mol. The van der Waals surface area contributed by atoms with Crippen molar-refractivity contribution in [2.75, 3.05) is 28.2 Å². The van der Waals surface area contributed by atoms with Crippen LogP contribution in [0, 0.1) is 0 Å². The first-order valence-electron chi connectivity index (χ1n) is 11.4. The highest BCUT2D eigenvalue weighted by atomic mass is 32.2. The summed E-state index contributed by atoms with van der Waals surface area (Å²) in [5.74, 6) is -0.200. The van der Waals surface area contributed by atoms with Gasteiger partial charge in [-0.05, 0) is 48.7 Å². The maximum absolute atomic E-state index is 13.2. The van der Waals surface area contributed by atoms with Crippen LogP contribution < -0.4 is 9.62 Å². The fraction of sp³-hybridized carbons (Fsp3) is 0.458. The molecule has 3 rings (SSSR count). The first-order valence-corrected chi connectivity index (χ1v) is 14.9. The Kier molecular flexibility index (Phi) is 8.18. The van der Waals surface area contributed by atoms with Crippen molar-refractivity contribution in [2.24, 2.45) is 0 Å². The van der Waals surface area contributed by atoms with Crippen LogP contribution in [0.5, 0.6) is 0 Å². The van der Waals surface area contributed by atoms with Crippen LogP contribution in [0.15, 0.2) is 47.4 Å². The number of nitrogens with zero attached hydrogens (tertiary/aromatic N) is 1. The van der Waals surface area contributed by atoms with Crippen LogP contribution in [-0.4, -0.2) is 41.3 Å². The number of unbranched alkanes of at least 4 members (excludes halogenated alkanes) is 5. The fourth-order valence-corrected chi connectivity index (χ4v) is 6.07. The van der Waals surface area contributed by atoms with Gasteiger partial charge >= 0.3 is 0 Å². The van der Waals surface area contributed by atoms with Crippen molar-refractivity contribution in [2.45, 2.75) is 56.8 Å². The number of benzene rings is 2. The molecule has 7 nitrogen and oxygen atoms in total. The van der Waals surface area contributed by atoms with Crippen molar-refractivity contribution in [1.29, 1.82) is 0 Å². The van der Waals surface area contributed by atoms with E-state index in [0.717, 1.165) is 37.5 Å². The van der Waals surface area contributed by atoms with E-state index >= 15 is 0 Å². The second-order valence-electron chi connectivity index (χ2n) is 8.50. The van der Waals surface area contributed by atoms with Gasteiger partial charge in [-0.2, -0.15) is 0 Å². The third kappa shape index (κ3) is 6.57. The molecule has 0 unspecified atom stereocenters. The minimum absolute atomic E-state index is 0.130. The molecule has 1 amide bonds. The molecule has 180 valence electrons. The first kappa shape index (κ1) is 25.2. The molecule has 0 spiro atoms. The third-order valence-corrected chi connectivity index (χ3v) is 8.16. The Morgan fingerprint density at radius 2 is 1.67 bits per heavy atom. The van der Waals surface area contributed by atoms with Crippen LogP contribution in [-0.2, 0) is 26.3 Å². The number of amides is 1. The number of hydrogen-bond acceptors (Lipinski definition) is 5. The summed E-state index contributed by atoms with van der Waals surface area (Å²) in [7, 11) is -6.91. The van der Waals surface area contributed by atoms with Gasteiger partial charge in [0.05, 0.1) is 28.2 Å². The number of sulfone groups is 1. The van der Waals surface area contributed by atoms with E-state index in [9.17, 15) is 21.6 Å². The summed E-state index contributed by atoms with van der Waals surface area (Å²) in [6.07, 6.45) is 7.68. The molecule has 0 saturated heterocycles. The van der Waals surface area contributed by atoms with Gasteiger partial charge in [-0.3, -0.25) is 9.52 Å². The van der Waals surface area contributed by atoms with Crippen LogP contribution in [0.25, 0.3) is 0 Å². The summed E-state index contributed by atoms with van der Waals surface area (Å²) in [5, 5.41) is 0. The van der Waals surface area contributed by atoms with Crippen molar-refractivity contribution in [3.8, 4) is 0 Å². The van der Waals surface area contributed by atoms with Crippen LogP contribution >= 0.6 is 0 Å². The van der Waals surface area contributed by atoms with Crippen LogP contribution in [0.1, 0.15) is 61.4 Å². The third-order valence-electron chi connectivity index (χ3n) is 5.77. The van der Waals surface area contributed by atoms with Crippen molar-refractivity contribution in [3.05, 3.63) is 53.6 Å². The molecule has 1 heterocycles. The number of para-hydroxylation sites is 1. The van der Waals surface area contributed by atoms with E-state index in [0.29, 0.717) is 30.0 Å². The monoisotopic (exact) mass is 492 g/mol. The Hall–Kier alpha value is -2.39. The molecule has 9 heteroatoms. The Balaban J connectivity index is 1.74. The molecule has 1 aliphatic rings. The van der Waals surface area contributed by atoms with Gasteiger partial charge in [-0.25, -0.2) is 16.8 Å². The highest BCUT2D eigenvalue weighted by molar-refractivity contribution is 7.92. The molecule has 33 heavy (non-hydrogen) atoms. The van der Waals surface area contributed by atoms with Crippen LogP contribution in [0.2, 0.25) is 0 Å². The summed E-state index contributed by atoms with van der Waals surface area (Å²) in [4.78, 5) is 15.1. The number of nitrogens with one attached hydrogen (secondary N) is 1. The second-order valence-corrected chi connectivity index (χ2v) is 12.4. The molecular formula is C24H32N2O5S2. The largest absolute Gasteiger partial charge is 0.308 e. The molecule has 0 fully saturated rings. The van der Waals surface area contributed by atoms with Crippen molar-refractivity contribution in [3.63, 3.8) is 0 Å². The van der Waals surface area contributed by atoms with Crippen LogP contribution in [0.3, 0.4) is 0 Å². The molecule has 1 N–H and O–H groups in total. The molecule has 2 aromatic rings. The summed E-state index contributed by atoms with van der Waals surface area (Å²) in [6.45, 7) is 2.56. The lowest BCUT2D eigenvalue weighted by Gasteiger charge is -2.19. The van der Waals surface area contributed by atoms with E-state index < -0.39 is 19.9 Å². The maximum Gasteiger partial charge on any atom is 0.260 e. The van der Waals surface area contributed by atoms with E-state index in [-0.39, 0.29) is 22.9 Å². The summed E-state index contributed by atoms with van der Waals surface area (Å²) >= 11 is 0. The smallest absolute Gasteiger partial charge is 0.260 e. The van der Waals surface area contributed by atoms with E-state index in [1.165, 1.54) is 6.42 Å². The topological polar surface area (TPSA) is 101 Å². The Morgan fingerprint density at radius 1 is 0.970 bits per heavy atom. The second kappa shape index (κ2) is 10.7. The van der Waals surface area contributed by atoms with Gasteiger partial charge in [0.25, 0.3) is 5.91 Å². The Labute approximate surface area is 197 Å². The van der Waals surface area contributed by atoms with Gasteiger partial charge in [0.1, 0.15) is 0 Å². The Morgan fingerprint density at radius 3 is 2.39 bits per heavy atom. The summed E-state index contributed by atoms with van der Waals surface area (Å²) in [6, 6.07) is 11.4. The molecule has 0 radical (unpaired) electrons. The van der Waals surface area contributed by atoms with Gasteiger partial charge < -0.3 is 4.90 Å². The van der Waals surface area contributed by atoms with Crippen molar-refractivity contribution in [1.82, 2.24) is 0 Å². The molecule has 0 saturated carbocycles. The molecule has 2 aromatic carbocycles. The Bertz CT molecular complexity index is 1210. The number of fused-ring (bicyclic) bond motifs is 1. The lowest BCUT2D eigenvalue weighted by Crippen LogP contribution is -2.30. The average Bonchev–Trinajstić information content (AvgIpc) is 3.18. The van der Waals surface area contributed by atoms with E-state index in [1.54, 1.807) is 47.4 Å². The number of rotatable bonds is 11. The van der Waals surface area contributed by atoms with Gasteiger partial charge in [0, 0.05) is 12.2 Å². The molecule has 0 aromatic heterocycles. The summed E-state index contributed by atoms with van der Waals surface area (Å²) < 4.78 is 51.3. The highest BCUT2D eigenvalue weighted by Crippen LogP contribution is 2.33. The zero-order valence-corrected chi connectivity index (χ0v) is 20.8. The standard InChI is InChI=1S/C24H32N2O5S2/c1-3-4-5-6-7-10-17-33(30,31)20-13-14-23-19(18-20)15-16-26(23)24(27)21-11-8-9-12-22(21)25-32(2,28)29/h8-9,11-14,18,25H,3-7,10,15-17H2,1-2H3. The van der Waals surface area contributed by atoms with E-state index in [2.05, 4.69) is 11.6 Å². The lowest BCUT2D eigenvalue weighted by atomic mass is 10.1. The van der Waals surface area contributed by atoms with E-state index in [1.807, 2.05) is 0 Å². The predicted molar refractivity (Wildman–Crippen MR) is 132 cm³/mol. The molecule has 0 bridgehead atoms. The molecule has 1 aliphatic heterocycles. The van der Waals surface area contributed by atoms with Crippen molar-refractivity contribution >= 4 is 37.1 Å². The highest BCUT2D eigenvalue weighted by Gasteiger charge is 2.29. The van der Waals surface area contributed by atoms with E-state index in [4.69, 9.17) is 0 Å². The molecular weight excluding hydrogens is 460 g/mol. The van der Waals surface area contributed by atoms with Crippen LogP contribution in [0.4, 0.5) is 11.4 Å². The van der Waals surface area contributed by atoms with Gasteiger partial charge in [0.2, 0.25) is 10.0 Å². The maximum atomic E-state index is 13.2. The zero-order chi connectivity index (χ0) is 24.1. The predicted octanol–water partition coefficient (Wildman–Crippen LogP) is 4.40. The molecule has 0 atom stereocenters. The number of hydrogen-bond donors (Lipinski definition) is 1. The number of carbonyl (C=O) groups excluding carboxylic acids is 1. The van der Waals surface area contributed by atoms with Gasteiger partial charge in [-0.1, -0.05) is 51.2 Å². The fourth-order valence-electron chi connectivity index (χ4n) is 4.08. The number of carbonyl (C=O) groups is 1. The van der Waals surface area contributed by atoms with Gasteiger partial charge in [0.15, 0.2) is 9.84 Å². The first-order chi connectivity index (χ1) is 15.6. The minimum Gasteiger partial charge on any atom is -0.308 e. The molecule has 0 aliphatic carbocycles. The van der Waals surface area contributed by atoms with Gasteiger partial charge in [-0.15, -0.1) is 0 Å².